The number of nitrogens with zero attached hydrogens (tertiary/aromatic N) is 1. The van der Waals surface area contributed by atoms with Crippen LogP contribution in [0.4, 0.5) is 0 Å². The lowest BCUT2D eigenvalue weighted by Crippen LogP contribution is -2.38. The molecule has 0 bridgehead atoms. The van der Waals surface area contributed by atoms with Crippen molar-refractivity contribution in [3.63, 3.8) is 0 Å². The molecule has 0 aliphatic carbocycles. The van der Waals surface area contributed by atoms with Crippen LogP contribution in [0.3, 0.4) is 0 Å². The highest BCUT2D eigenvalue weighted by Crippen LogP contribution is 2.30. The SMILES string of the molecule is CNCC1CCCN1C(C)c1cc(C)ccc1C. The summed E-state index contributed by atoms with van der Waals surface area (Å²) in [5, 5.41) is 3.33. The minimum Gasteiger partial charge on any atom is -0.318 e. The quantitative estimate of drug-likeness (QED) is 0.878. The van der Waals surface area contributed by atoms with Gasteiger partial charge in [-0.25, -0.2) is 0 Å². The highest BCUT2D eigenvalue weighted by molar-refractivity contribution is 5.33. The van der Waals surface area contributed by atoms with E-state index in [4.69, 9.17) is 0 Å². The Morgan fingerprint density at radius 1 is 1.39 bits per heavy atom. The van der Waals surface area contributed by atoms with Crippen molar-refractivity contribution in [2.75, 3.05) is 20.1 Å². The van der Waals surface area contributed by atoms with Gasteiger partial charge in [0, 0.05) is 18.6 Å². The number of hydrogen-bond acceptors (Lipinski definition) is 2. The zero-order valence-electron chi connectivity index (χ0n) is 12.2. The summed E-state index contributed by atoms with van der Waals surface area (Å²) in [6.45, 7) is 9.12. The second-order valence-electron chi connectivity index (χ2n) is 5.63. The van der Waals surface area contributed by atoms with Crippen molar-refractivity contribution in [2.45, 2.75) is 45.7 Å². The van der Waals surface area contributed by atoms with Crippen LogP contribution in [0.2, 0.25) is 0 Å². The third kappa shape index (κ3) is 2.76. The molecule has 0 aromatic heterocycles. The monoisotopic (exact) mass is 246 g/mol. The zero-order chi connectivity index (χ0) is 13.1. The van der Waals surface area contributed by atoms with Crippen LogP contribution < -0.4 is 5.32 Å². The van der Waals surface area contributed by atoms with E-state index in [0.29, 0.717) is 12.1 Å². The first-order chi connectivity index (χ1) is 8.63. The van der Waals surface area contributed by atoms with Crippen LogP contribution in [-0.2, 0) is 0 Å². The standard InChI is InChI=1S/C16H26N2/c1-12-7-8-13(2)16(10-12)14(3)18-9-5-6-15(18)11-17-4/h7-8,10,14-15,17H,5-6,9,11H2,1-4H3. The highest BCUT2D eigenvalue weighted by atomic mass is 15.2. The molecule has 1 fully saturated rings. The fraction of sp³-hybridized carbons (Fsp3) is 0.625. The van der Waals surface area contributed by atoms with E-state index in [0.717, 1.165) is 6.54 Å². The molecule has 2 heteroatoms. The Morgan fingerprint density at radius 2 is 2.17 bits per heavy atom. The van der Waals surface area contributed by atoms with Crippen molar-refractivity contribution in [2.24, 2.45) is 0 Å². The Hall–Kier alpha value is -0.860. The van der Waals surface area contributed by atoms with Crippen molar-refractivity contribution in [1.29, 1.82) is 0 Å². The fourth-order valence-electron chi connectivity index (χ4n) is 3.21. The summed E-state index contributed by atoms with van der Waals surface area (Å²) >= 11 is 0. The summed E-state index contributed by atoms with van der Waals surface area (Å²) in [7, 11) is 2.05. The second kappa shape index (κ2) is 5.85. The minimum absolute atomic E-state index is 0.533. The molecule has 1 saturated heterocycles. The first kappa shape index (κ1) is 13.6. The normalized spacial score (nSPS) is 22.3. The molecule has 2 nitrogen and oxygen atoms in total. The van der Waals surface area contributed by atoms with Crippen molar-refractivity contribution in [3.05, 3.63) is 34.9 Å². The molecule has 0 saturated carbocycles. The summed E-state index contributed by atoms with van der Waals surface area (Å²) in [4.78, 5) is 2.66. The van der Waals surface area contributed by atoms with E-state index in [1.165, 1.54) is 36.1 Å². The lowest BCUT2D eigenvalue weighted by Gasteiger charge is -2.32. The summed E-state index contributed by atoms with van der Waals surface area (Å²) in [5.74, 6) is 0. The number of rotatable bonds is 4. The third-order valence-electron chi connectivity index (χ3n) is 4.24. The van der Waals surface area contributed by atoms with Gasteiger partial charge in [-0.1, -0.05) is 23.8 Å². The van der Waals surface area contributed by atoms with Crippen LogP contribution in [0.1, 0.15) is 42.5 Å². The predicted octanol–water partition coefficient (Wildman–Crippen LogP) is 3.05. The molecule has 2 atom stereocenters. The zero-order valence-corrected chi connectivity index (χ0v) is 12.2. The van der Waals surface area contributed by atoms with Gasteiger partial charge in [0.25, 0.3) is 0 Å². The van der Waals surface area contributed by atoms with Crippen molar-refractivity contribution >= 4 is 0 Å². The van der Waals surface area contributed by atoms with Crippen molar-refractivity contribution < 1.29 is 0 Å². The van der Waals surface area contributed by atoms with Crippen molar-refractivity contribution in [3.8, 4) is 0 Å². The van der Waals surface area contributed by atoms with Crippen LogP contribution in [0, 0.1) is 13.8 Å². The first-order valence-electron chi connectivity index (χ1n) is 7.11. The van der Waals surface area contributed by atoms with Crippen LogP contribution in [0.5, 0.6) is 0 Å². The van der Waals surface area contributed by atoms with E-state index in [-0.39, 0.29) is 0 Å². The summed E-state index contributed by atoms with van der Waals surface area (Å²) in [6.07, 6.45) is 2.66. The minimum atomic E-state index is 0.533. The van der Waals surface area contributed by atoms with E-state index >= 15 is 0 Å². The van der Waals surface area contributed by atoms with Gasteiger partial charge in [0.2, 0.25) is 0 Å². The first-order valence-corrected chi connectivity index (χ1v) is 7.11. The van der Waals surface area contributed by atoms with Crippen molar-refractivity contribution in [1.82, 2.24) is 10.2 Å². The van der Waals surface area contributed by atoms with Crippen LogP contribution >= 0.6 is 0 Å². The maximum absolute atomic E-state index is 3.33. The molecule has 1 heterocycles. The molecule has 1 aromatic rings. The Morgan fingerprint density at radius 3 is 2.89 bits per heavy atom. The van der Waals surface area contributed by atoms with E-state index in [1.807, 2.05) is 0 Å². The highest BCUT2D eigenvalue weighted by Gasteiger charge is 2.29. The molecule has 18 heavy (non-hydrogen) atoms. The maximum atomic E-state index is 3.33. The van der Waals surface area contributed by atoms with Crippen LogP contribution in [0.25, 0.3) is 0 Å². The molecular weight excluding hydrogens is 220 g/mol. The van der Waals surface area contributed by atoms with Gasteiger partial charge in [-0.15, -0.1) is 0 Å². The van der Waals surface area contributed by atoms with E-state index in [2.05, 4.69) is 56.2 Å². The summed E-state index contributed by atoms with van der Waals surface area (Å²) < 4.78 is 0. The number of likely N-dealkylation sites (N-methyl/N-ethyl adjacent to an activating group) is 1. The van der Waals surface area contributed by atoms with Crippen LogP contribution in [0.15, 0.2) is 18.2 Å². The topological polar surface area (TPSA) is 15.3 Å². The molecule has 0 amide bonds. The lowest BCUT2D eigenvalue weighted by molar-refractivity contribution is 0.190. The molecule has 0 radical (unpaired) electrons. The third-order valence-corrected chi connectivity index (χ3v) is 4.24. The Bertz CT molecular complexity index is 400. The van der Waals surface area contributed by atoms with Gasteiger partial charge in [0.05, 0.1) is 0 Å². The molecule has 100 valence electrons. The molecule has 1 aliphatic rings. The molecule has 1 N–H and O–H groups in total. The van der Waals surface area contributed by atoms with Gasteiger partial charge in [-0.2, -0.15) is 0 Å². The fourth-order valence-corrected chi connectivity index (χ4v) is 3.21. The summed E-state index contributed by atoms with van der Waals surface area (Å²) in [6, 6.07) is 8.05. The molecular formula is C16H26N2. The number of benzene rings is 1. The number of likely N-dealkylation sites (tertiary alicyclic amines) is 1. The lowest BCUT2D eigenvalue weighted by atomic mass is 9.98. The average Bonchev–Trinajstić information content (AvgIpc) is 2.80. The molecule has 1 aliphatic heterocycles. The number of nitrogens with one attached hydrogen (secondary N) is 1. The predicted molar refractivity (Wildman–Crippen MR) is 78.0 cm³/mol. The largest absolute Gasteiger partial charge is 0.318 e. The molecule has 1 aromatic carbocycles. The van der Waals surface area contributed by atoms with E-state index < -0.39 is 0 Å². The Balaban J connectivity index is 2.19. The number of hydrogen-bond donors (Lipinski definition) is 1. The average molecular weight is 246 g/mol. The van der Waals surface area contributed by atoms with Gasteiger partial charge >= 0.3 is 0 Å². The van der Waals surface area contributed by atoms with E-state index in [9.17, 15) is 0 Å². The second-order valence-corrected chi connectivity index (χ2v) is 5.63. The number of aryl methyl sites for hydroxylation is 2. The van der Waals surface area contributed by atoms with Gasteiger partial charge in [0.1, 0.15) is 0 Å². The van der Waals surface area contributed by atoms with E-state index in [1.54, 1.807) is 0 Å². The van der Waals surface area contributed by atoms with Gasteiger partial charge in [0.15, 0.2) is 0 Å². The molecule has 0 spiro atoms. The Kier molecular flexibility index (Phi) is 4.41. The van der Waals surface area contributed by atoms with Gasteiger partial charge in [-0.05, 0) is 58.3 Å². The smallest absolute Gasteiger partial charge is 0.0326 e. The van der Waals surface area contributed by atoms with Crippen LogP contribution in [-0.4, -0.2) is 31.1 Å². The molecule has 2 rings (SSSR count). The van der Waals surface area contributed by atoms with Gasteiger partial charge < -0.3 is 5.32 Å². The molecule has 2 unspecified atom stereocenters. The van der Waals surface area contributed by atoms with Gasteiger partial charge in [-0.3, -0.25) is 4.90 Å². The summed E-state index contributed by atoms with van der Waals surface area (Å²) in [5.41, 5.74) is 4.29. The Labute approximate surface area is 111 Å². The maximum Gasteiger partial charge on any atom is 0.0326 e.